The van der Waals surface area contributed by atoms with Crippen LogP contribution < -0.4 is 0 Å². The van der Waals surface area contributed by atoms with Crippen molar-refractivity contribution in [1.29, 1.82) is 0 Å². The molecule has 0 rings (SSSR count). The third-order valence-electron chi connectivity index (χ3n) is 7.50. The Labute approximate surface area is 246 Å². The minimum Gasteiger partial charge on any atom is -0.300 e. The Morgan fingerprint density at radius 3 is 1.62 bits per heavy atom. The summed E-state index contributed by atoms with van der Waals surface area (Å²) >= 11 is 0. The second-order valence-electron chi connectivity index (χ2n) is 11.5. The molecule has 0 heterocycles. The largest absolute Gasteiger partial charge is 0.300 e. The highest BCUT2D eigenvalue weighted by molar-refractivity contribution is 5.78. The summed E-state index contributed by atoms with van der Waals surface area (Å²) < 4.78 is 0. The molecule has 0 amide bonds. The molecule has 0 aliphatic rings. The van der Waals surface area contributed by atoms with Gasteiger partial charge in [0.05, 0.1) is 0 Å². The molecular weight excluding hydrogens is 474 g/mol. The first kappa shape index (κ1) is 37.6. The lowest BCUT2D eigenvalue weighted by atomic mass is 10.0. The zero-order valence-electron chi connectivity index (χ0n) is 26.5. The number of Topliss-reactive ketones (excluding diaryl/α,β-unsaturated/α-hetero) is 1. The predicted molar refractivity (Wildman–Crippen MR) is 176 cm³/mol. The third-order valence-corrected chi connectivity index (χ3v) is 7.50. The first-order chi connectivity index (χ1) is 19.3. The normalized spacial score (nSPS) is 12.3. The van der Waals surface area contributed by atoms with Crippen molar-refractivity contribution in [2.75, 3.05) is 0 Å². The fourth-order valence-corrected chi connectivity index (χ4v) is 4.89. The van der Waals surface area contributed by atoms with Crippen molar-refractivity contribution in [1.82, 2.24) is 0 Å². The summed E-state index contributed by atoms with van der Waals surface area (Å²) in [5, 5.41) is 0. The lowest BCUT2D eigenvalue weighted by Gasteiger charge is -2.03. The van der Waals surface area contributed by atoms with Gasteiger partial charge in [0, 0.05) is 12.8 Å². The molecule has 0 bridgehead atoms. The second-order valence-corrected chi connectivity index (χ2v) is 11.5. The van der Waals surface area contributed by atoms with Gasteiger partial charge in [-0.1, -0.05) is 159 Å². The highest BCUT2D eigenvalue weighted by Gasteiger charge is 2.01. The molecule has 0 aromatic heterocycles. The van der Waals surface area contributed by atoms with Gasteiger partial charge in [0.2, 0.25) is 0 Å². The van der Waals surface area contributed by atoms with E-state index in [1.54, 1.807) is 0 Å². The maximum absolute atomic E-state index is 12.1. The summed E-state index contributed by atoms with van der Waals surface area (Å²) in [6.45, 7) is 4.54. The summed E-state index contributed by atoms with van der Waals surface area (Å²) in [6.07, 6.45) is 52.6. The Balaban J connectivity index is 3.34. The van der Waals surface area contributed by atoms with Crippen LogP contribution in [0.15, 0.2) is 42.5 Å². The van der Waals surface area contributed by atoms with Crippen LogP contribution in [0.25, 0.3) is 0 Å². The molecule has 39 heavy (non-hydrogen) atoms. The van der Waals surface area contributed by atoms with Gasteiger partial charge >= 0.3 is 0 Å². The van der Waals surface area contributed by atoms with Crippen LogP contribution in [-0.4, -0.2) is 5.78 Å². The number of hydrogen-bond donors (Lipinski definition) is 0. The van der Waals surface area contributed by atoms with Crippen molar-refractivity contribution in [2.24, 2.45) is 0 Å². The van der Waals surface area contributed by atoms with Crippen molar-refractivity contribution >= 4 is 5.78 Å². The summed E-state index contributed by atoms with van der Waals surface area (Å²) in [5.41, 5.74) is 0. The Hall–Kier alpha value is -1.37. The highest BCUT2D eigenvalue weighted by Crippen LogP contribution is 2.14. The summed E-state index contributed by atoms with van der Waals surface area (Å²) in [6, 6.07) is 0. The van der Waals surface area contributed by atoms with Gasteiger partial charge in [0.25, 0.3) is 0 Å². The molecule has 0 unspecified atom stereocenters. The molecule has 0 fully saturated rings. The van der Waals surface area contributed by atoms with Gasteiger partial charge in [-0.2, -0.15) is 0 Å². The molecule has 0 atom stereocenters. The van der Waals surface area contributed by atoms with E-state index in [1.807, 2.05) is 0 Å². The van der Waals surface area contributed by atoms with E-state index in [2.05, 4.69) is 62.5 Å². The van der Waals surface area contributed by atoms with E-state index >= 15 is 0 Å². The Kier molecular flexibility index (Phi) is 33.4. The molecule has 0 saturated heterocycles. The van der Waals surface area contributed by atoms with Crippen LogP contribution in [0.4, 0.5) is 0 Å². The maximum Gasteiger partial charge on any atom is 0.132 e. The SMILES string of the molecule is CCCCC/C=C\C/C=C\C/C=C\C/C=[C]/CCCCC(=O)[14CH2]CCCCCCCCCCCCCCCC. The van der Waals surface area contributed by atoms with Gasteiger partial charge in [-0.05, 0) is 63.9 Å². The first-order valence-corrected chi connectivity index (χ1v) is 17.3. The van der Waals surface area contributed by atoms with Gasteiger partial charge in [0.1, 0.15) is 5.78 Å². The molecule has 0 aromatic carbocycles. The van der Waals surface area contributed by atoms with E-state index in [0.717, 1.165) is 57.8 Å². The molecule has 0 N–H and O–H groups in total. The molecule has 0 spiro atoms. The molecule has 0 aromatic rings. The fraction of sp³-hybridized carbons (Fsp3) is 0.763. The predicted octanol–water partition coefficient (Wildman–Crippen LogP) is 13.2. The fourth-order valence-electron chi connectivity index (χ4n) is 4.89. The summed E-state index contributed by atoms with van der Waals surface area (Å²) in [5.74, 6) is 0.469. The average Bonchev–Trinajstić information content (AvgIpc) is 2.94. The number of carbonyl (C=O) groups excluding carboxylic acids is 1. The van der Waals surface area contributed by atoms with Gasteiger partial charge in [0.15, 0.2) is 0 Å². The van der Waals surface area contributed by atoms with E-state index in [1.165, 1.54) is 116 Å². The quantitative estimate of drug-likeness (QED) is 0.0630. The third kappa shape index (κ3) is 34.6. The van der Waals surface area contributed by atoms with Gasteiger partial charge in [-0.15, -0.1) is 0 Å². The zero-order chi connectivity index (χ0) is 28.3. The number of hydrogen-bond acceptors (Lipinski definition) is 1. The molecule has 1 nitrogen and oxygen atoms in total. The lowest BCUT2D eigenvalue weighted by molar-refractivity contribution is -0.119. The average molecular weight is 542 g/mol. The van der Waals surface area contributed by atoms with Crippen molar-refractivity contribution in [3.05, 3.63) is 48.6 Å². The van der Waals surface area contributed by atoms with Crippen molar-refractivity contribution in [3.63, 3.8) is 0 Å². The molecular formula is C38H67O. The van der Waals surface area contributed by atoms with Gasteiger partial charge < -0.3 is 0 Å². The molecule has 0 aliphatic carbocycles. The van der Waals surface area contributed by atoms with E-state index in [-0.39, 0.29) is 0 Å². The molecule has 225 valence electrons. The van der Waals surface area contributed by atoms with E-state index in [9.17, 15) is 4.79 Å². The number of allylic oxidation sites excluding steroid dienone is 8. The zero-order valence-corrected chi connectivity index (χ0v) is 26.5. The number of ketones is 1. The smallest absolute Gasteiger partial charge is 0.132 e. The van der Waals surface area contributed by atoms with Crippen molar-refractivity contribution in [2.45, 2.75) is 187 Å². The van der Waals surface area contributed by atoms with Crippen molar-refractivity contribution < 1.29 is 4.79 Å². The maximum atomic E-state index is 12.1. The van der Waals surface area contributed by atoms with Crippen LogP contribution in [0.2, 0.25) is 0 Å². The highest BCUT2D eigenvalue weighted by atomic mass is 16.1. The topological polar surface area (TPSA) is 17.1 Å². The van der Waals surface area contributed by atoms with Crippen molar-refractivity contribution in [3.8, 4) is 0 Å². The first-order valence-electron chi connectivity index (χ1n) is 17.3. The Morgan fingerprint density at radius 2 is 1.03 bits per heavy atom. The molecule has 0 saturated carbocycles. The van der Waals surface area contributed by atoms with E-state index in [4.69, 9.17) is 0 Å². The minimum atomic E-state index is 0.469. The molecule has 1 radical (unpaired) electrons. The van der Waals surface area contributed by atoms with Gasteiger partial charge in [-0.25, -0.2) is 0 Å². The standard InChI is InChI=1S/C38H67O/c1-3-5-7-9-11-13-15-17-19-20-21-23-25-27-29-31-33-35-37-38(39)36-34-32-30-28-26-24-22-18-16-14-12-10-8-6-4-2/h11,13,17,19,21,23,27H,3-10,12,14-16,18,20,22,24-26,28,30-37H2,1-2H3/b13-11-,19-17-,23-21-,29-27?/i36+2. The minimum absolute atomic E-state index is 0.469. The monoisotopic (exact) mass is 542 g/mol. The lowest BCUT2D eigenvalue weighted by Crippen LogP contribution is -1.97. The van der Waals surface area contributed by atoms with Crippen LogP contribution >= 0.6 is 0 Å². The molecule has 0 aliphatic heterocycles. The number of unbranched alkanes of at least 4 members (excludes halogenated alkanes) is 19. The van der Waals surface area contributed by atoms with E-state index in [0.29, 0.717) is 5.78 Å². The summed E-state index contributed by atoms with van der Waals surface area (Å²) in [4.78, 5) is 12.1. The van der Waals surface area contributed by atoms with Crippen LogP contribution in [0, 0.1) is 6.08 Å². The van der Waals surface area contributed by atoms with Crippen LogP contribution in [-0.2, 0) is 4.79 Å². The Morgan fingerprint density at radius 1 is 0.538 bits per heavy atom. The number of rotatable bonds is 31. The number of carbonyl (C=O) groups is 1. The van der Waals surface area contributed by atoms with Gasteiger partial charge in [-0.3, -0.25) is 4.79 Å². The van der Waals surface area contributed by atoms with E-state index < -0.39 is 0 Å². The van der Waals surface area contributed by atoms with Crippen LogP contribution in [0.3, 0.4) is 0 Å². The van der Waals surface area contributed by atoms with Crippen LogP contribution in [0.5, 0.6) is 0 Å². The summed E-state index contributed by atoms with van der Waals surface area (Å²) in [7, 11) is 0. The second kappa shape index (κ2) is 34.7. The van der Waals surface area contributed by atoms with Crippen LogP contribution in [0.1, 0.15) is 187 Å². The Bertz CT molecular complexity index is 594. The molecule has 1 heteroatoms.